The lowest BCUT2D eigenvalue weighted by molar-refractivity contribution is 0.0691. The SMILES string of the molecule is O=C(O)c1cc(-n2cnnc2)c(F)cc1F. The number of hydrogen-bond donors (Lipinski definition) is 1. The van der Waals surface area contributed by atoms with E-state index >= 15 is 0 Å². The van der Waals surface area contributed by atoms with Crippen LogP contribution in [0.3, 0.4) is 0 Å². The van der Waals surface area contributed by atoms with E-state index in [0.29, 0.717) is 6.07 Å². The van der Waals surface area contributed by atoms with Crippen molar-refractivity contribution < 1.29 is 18.7 Å². The molecule has 0 aliphatic heterocycles. The van der Waals surface area contributed by atoms with E-state index < -0.39 is 23.2 Å². The standard InChI is InChI=1S/C9H5F2N3O2/c10-6-2-7(11)8(1-5(6)9(15)16)14-3-12-13-4-14/h1-4H,(H,15,16). The maximum Gasteiger partial charge on any atom is 0.338 e. The summed E-state index contributed by atoms with van der Waals surface area (Å²) in [5.74, 6) is -3.48. The Bertz CT molecular complexity index is 540. The van der Waals surface area contributed by atoms with Crippen LogP contribution < -0.4 is 0 Å². The molecule has 0 radical (unpaired) electrons. The second kappa shape index (κ2) is 3.69. The minimum absolute atomic E-state index is 0.121. The maximum absolute atomic E-state index is 13.3. The third-order valence-corrected chi connectivity index (χ3v) is 1.96. The lowest BCUT2D eigenvalue weighted by atomic mass is 10.2. The summed E-state index contributed by atoms with van der Waals surface area (Å²) in [6.07, 6.45) is 2.36. The molecule has 0 aliphatic rings. The topological polar surface area (TPSA) is 68.0 Å². The highest BCUT2D eigenvalue weighted by molar-refractivity contribution is 5.88. The lowest BCUT2D eigenvalue weighted by Crippen LogP contribution is -2.05. The normalized spacial score (nSPS) is 10.4. The van der Waals surface area contributed by atoms with Crippen molar-refractivity contribution in [2.45, 2.75) is 0 Å². The van der Waals surface area contributed by atoms with Gasteiger partial charge in [-0.2, -0.15) is 0 Å². The molecule has 0 saturated carbocycles. The van der Waals surface area contributed by atoms with Crippen molar-refractivity contribution in [3.05, 3.63) is 42.0 Å². The molecule has 0 fully saturated rings. The number of carboxylic acids is 1. The summed E-state index contributed by atoms with van der Waals surface area (Å²) in [5.41, 5.74) is -0.728. The Morgan fingerprint density at radius 2 is 1.81 bits per heavy atom. The molecule has 0 unspecified atom stereocenters. The van der Waals surface area contributed by atoms with Crippen molar-refractivity contribution >= 4 is 5.97 Å². The van der Waals surface area contributed by atoms with Crippen molar-refractivity contribution in [2.24, 2.45) is 0 Å². The van der Waals surface area contributed by atoms with Gasteiger partial charge in [0.05, 0.1) is 11.3 Å². The average Bonchev–Trinajstić information content (AvgIpc) is 2.70. The van der Waals surface area contributed by atoms with Crippen LogP contribution in [-0.4, -0.2) is 25.8 Å². The van der Waals surface area contributed by atoms with E-state index in [4.69, 9.17) is 5.11 Å². The number of carbonyl (C=O) groups is 1. The Balaban J connectivity index is 2.63. The Kier molecular flexibility index (Phi) is 2.35. The van der Waals surface area contributed by atoms with Crippen LogP contribution in [0.15, 0.2) is 24.8 Å². The van der Waals surface area contributed by atoms with Gasteiger partial charge in [0.2, 0.25) is 0 Å². The molecule has 0 spiro atoms. The van der Waals surface area contributed by atoms with Gasteiger partial charge in [0.25, 0.3) is 0 Å². The van der Waals surface area contributed by atoms with Crippen LogP contribution >= 0.6 is 0 Å². The molecule has 0 bridgehead atoms. The van der Waals surface area contributed by atoms with Crippen LogP contribution in [0.1, 0.15) is 10.4 Å². The van der Waals surface area contributed by atoms with E-state index in [-0.39, 0.29) is 5.69 Å². The number of carboxylic acid groups (broad SMARTS) is 1. The molecule has 2 aromatic rings. The second-order valence-electron chi connectivity index (χ2n) is 2.96. The molecule has 1 heterocycles. The van der Waals surface area contributed by atoms with Gasteiger partial charge in [-0.3, -0.25) is 4.57 Å². The molecular formula is C9H5F2N3O2. The Morgan fingerprint density at radius 3 is 2.38 bits per heavy atom. The van der Waals surface area contributed by atoms with Crippen LogP contribution in [0.5, 0.6) is 0 Å². The fraction of sp³-hybridized carbons (Fsp3) is 0. The first kappa shape index (κ1) is 10.2. The minimum atomic E-state index is -1.47. The van der Waals surface area contributed by atoms with Gasteiger partial charge in [0.15, 0.2) is 0 Å². The average molecular weight is 225 g/mol. The van der Waals surface area contributed by atoms with Gasteiger partial charge in [-0.15, -0.1) is 10.2 Å². The summed E-state index contributed by atoms with van der Waals surface area (Å²) in [4.78, 5) is 10.7. The number of nitrogens with zero attached hydrogens (tertiary/aromatic N) is 3. The van der Waals surface area contributed by atoms with Crippen molar-refractivity contribution in [1.82, 2.24) is 14.8 Å². The predicted octanol–water partition coefficient (Wildman–Crippen LogP) is 1.24. The van der Waals surface area contributed by atoms with Gasteiger partial charge >= 0.3 is 5.97 Å². The summed E-state index contributed by atoms with van der Waals surface area (Å²) in [7, 11) is 0. The fourth-order valence-corrected chi connectivity index (χ4v) is 1.22. The largest absolute Gasteiger partial charge is 0.478 e. The van der Waals surface area contributed by atoms with E-state index in [0.717, 1.165) is 10.6 Å². The molecule has 0 amide bonds. The lowest BCUT2D eigenvalue weighted by Gasteiger charge is -2.05. The zero-order valence-corrected chi connectivity index (χ0v) is 7.76. The Hall–Kier alpha value is -2.31. The van der Waals surface area contributed by atoms with Crippen LogP contribution in [0, 0.1) is 11.6 Å². The molecule has 1 aromatic carbocycles. The number of hydrogen-bond acceptors (Lipinski definition) is 3. The van der Waals surface area contributed by atoms with E-state index in [1.165, 1.54) is 12.7 Å². The molecule has 0 saturated heterocycles. The minimum Gasteiger partial charge on any atom is -0.478 e. The summed E-state index contributed by atoms with van der Waals surface area (Å²) in [5, 5.41) is 15.6. The number of rotatable bonds is 2. The second-order valence-corrected chi connectivity index (χ2v) is 2.96. The summed E-state index contributed by atoms with van der Waals surface area (Å²) < 4.78 is 27.6. The third-order valence-electron chi connectivity index (χ3n) is 1.96. The molecule has 2 rings (SSSR count). The summed E-state index contributed by atoms with van der Waals surface area (Å²) in [6, 6.07) is 1.40. The third kappa shape index (κ3) is 1.62. The van der Waals surface area contributed by atoms with Gasteiger partial charge < -0.3 is 5.11 Å². The van der Waals surface area contributed by atoms with Crippen LogP contribution in [0.4, 0.5) is 8.78 Å². The Morgan fingerprint density at radius 1 is 1.19 bits per heavy atom. The number of halogens is 2. The van der Waals surface area contributed by atoms with Crippen molar-refractivity contribution in [2.75, 3.05) is 0 Å². The molecule has 0 aliphatic carbocycles. The van der Waals surface area contributed by atoms with Gasteiger partial charge in [0.1, 0.15) is 24.3 Å². The van der Waals surface area contributed by atoms with Crippen LogP contribution in [0.2, 0.25) is 0 Å². The zero-order valence-electron chi connectivity index (χ0n) is 7.76. The maximum atomic E-state index is 13.3. The Labute approximate surface area is 88.0 Å². The monoisotopic (exact) mass is 225 g/mol. The highest BCUT2D eigenvalue weighted by Crippen LogP contribution is 2.18. The molecule has 0 atom stereocenters. The fourth-order valence-electron chi connectivity index (χ4n) is 1.22. The number of aromatic nitrogens is 3. The first-order valence-electron chi connectivity index (χ1n) is 4.17. The summed E-state index contributed by atoms with van der Waals surface area (Å²) in [6.45, 7) is 0. The van der Waals surface area contributed by atoms with E-state index in [1.54, 1.807) is 0 Å². The molecule has 82 valence electrons. The van der Waals surface area contributed by atoms with Crippen LogP contribution in [0.25, 0.3) is 5.69 Å². The van der Waals surface area contributed by atoms with Gasteiger partial charge in [-0.1, -0.05) is 0 Å². The van der Waals surface area contributed by atoms with Crippen molar-refractivity contribution in [3.63, 3.8) is 0 Å². The molecule has 1 N–H and O–H groups in total. The van der Waals surface area contributed by atoms with Crippen LogP contribution in [-0.2, 0) is 0 Å². The van der Waals surface area contributed by atoms with Gasteiger partial charge in [0, 0.05) is 6.07 Å². The van der Waals surface area contributed by atoms with Gasteiger partial charge in [-0.05, 0) is 6.07 Å². The first-order chi connectivity index (χ1) is 7.59. The summed E-state index contributed by atoms with van der Waals surface area (Å²) >= 11 is 0. The smallest absolute Gasteiger partial charge is 0.338 e. The predicted molar refractivity (Wildman–Crippen MR) is 48.2 cm³/mol. The molecule has 1 aromatic heterocycles. The quantitative estimate of drug-likeness (QED) is 0.834. The van der Waals surface area contributed by atoms with Crippen molar-refractivity contribution in [1.29, 1.82) is 0 Å². The first-order valence-corrected chi connectivity index (χ1v) is 4.17. The highest BCUT2D eigenvalue weighted by atomic mass is 19.1. The molecular weight excluding hydrogens is 220 g/mol. The molecule has 16 heavy (non-hydrogen) atoms. The highest BCUT2D eigenvalue weighted by Gasteiger charge is 2.16. The van der Waals surface area contributed by atoms with Crippen molar-refractivity contribution in [3.8, 4) is 5.69 Å². The number of aromatic carboxylic acids is 1. The van der Waals surface area contributed by atoms with E-state index in [9.17, 15) is 13.6 Å². The molecule has 5 nitrogen and oxygen atoms in total. The van der Waals surface area contributed by atoms with E-state index in [2.05, 4.69) is 10.2 Å². The zero-order chi connectivity index (χ0) is 11.7. The van der Waals surface area contributed by atoms with E-state index in [1.807, 2.05) is 0 Å². The molecule has 7 heteroatoms. The van der Waals surface area contributed by atoms with Gasteiger partial charge in [-0.25, -0.2) is 13.6 Å². The number of benzene rings is 1.